The summed E-state index contributed by atoms with van der Waals surface area (Å²) in [6.07, 6.45) is 2.98. The molecular weight excluding hydrogens is 571 g/mol. The highest BCUT2D eigenvalue weighted by Crippen LogP contribution is 2.42. The van der Waals surface area contributed by atoms with Gasteiger partial charge in [0.2, 0.25) is 0 Å². The Morgan fingerprint density at radius 3 is 1.60 bits per heavy atom. The van der Waals surface area contributed by atoms with Crippen LogP contribution in [-0.2, 0) is 25.7 Å². The first-order chi connectivity index (χ1) is 20.8. The maximum Gasteiger partial charge on any atom is 0.118 e. The van der Waals surface area contributed by atoms with Crippen LogP contribution in [0.4, 0.5) is 0 Å². The third kappa shape index (κ3) is 7.87. The normalized spacial score (nSPS) is 12.6. The van der Waals surface area contributed by atoms with Crippen molar-refractivity contribution in [2.45, 2.75) is 44.7 Å². The van der Waals surface area contributed by atoms with Gasteiger partial charge in [-0.3, -0.25) is 0 Å². The fourth-order valence-corrected chi connectivity index (χ4v) is 6.49. The minimum Gasteiger partial charge on any atom is -0.497 e. The van der Waals surface area contributed by atoms with E-state index in [1.54, 1.807) is 13.2 Å². The molecule has 5 aromatic rings. The van der Waals surface area contributed by atoms with Crippen molar-refractivity contribution >= 4 is 23.2 Å². The smallest absolute Gasteiger partial charge is 0.118 e. The molecule has 3 nitrogen and oxygen atoms in total. The van der Waals surface area contributed by atoms with Crippen molar-refractivity contribution in [1.82, 2.24) is 0 Å². The second-order valence-corrected chi connectivity index (χ2v) is 12.1. The van der Waals surface area contributed by atoms with Crippen LogP contribution in [0.2, 0.25) is 10.0 Å². The third-order valence-corrected chi connectivity index (χ3v) is 8.39. The van der Waals surface area contributed by atoms with E-state index >= 15 is 0 Å². The molecule has 2 atom stereocenters. The molecule has 0 bridgehead atoms. The molecule has 0 aliphatic heterocycles. The Morgan fingerprint density at radius 1 is 0.581 bits per heavy atom. The minimum absolute atomic E-state index is 0.0397. The van der Waals surface area contributed by atoms with Crippen molar-refractivity contribution < 1.29 is 4.74 Å². The number of hydrogen-bond acceptors (Lipinski definition) is 3. The van der Waals surface area contributed by atoms with Gasteiger partial charge >= 0.3 is 0 Å². The third-order valence-electron chi connectivity index (χ3n) is 7.95. The molecular formula is C38H38Cl2N2O. The van der Waals surface area contributed by atoms with Crippen LogP contribution < -0.4 is 16.2 Å². The largest absolute Gasteiger partial charge is 0.497 e. The average molecular weight is 610 g/mol. The van der Waals surface area contributed by atoms with Gasteiger partial charge in [-0.05, 0) is 113 Å². The lowest BCUT2D eigenvalue weighted by Crippen LogP contribution is -2.27. The quantitative estimate of drug-likeness (QED) is 0.157. The van der Waals surface area contributed by atoms with E-state index in [0.717, 1.165) is 52.8 Å². The van der Waals surface area contributed by atoms with E-state index in [4.69, 9.17) is 39.4 Å². The summed E-state index contributed by atoms with van der Waals surface area (Å²) in [5.74, 6) is 0.805. The highest BCUT2D eigenvalue weighted by atomic mass is 35.5. The molecule has 0 heterocycles. The van der Waals surface area contributed by atoms with Gasteiger partial charge < -0.3 is 16.2 Å². The van der Waals surface area contributed by atoms with Crippen molar-refractivity contribution in [2.75, 3.05) is 7.11 Å². The zero-order valence-corrected chi connectivity index (χ0v) is 26.2. The van der Waals surface area contributed by atoms with Crippen molar-refractivity contribution in [3.8, 4) is 28.0 Å². The van der Waals surface area contributed by atoms with E-state index in [9.17, 15) is 0 Å². The molecule has 0 aliphatic rings. The van der Waals surface area contributed by atoms with Crippen LogP contribution in [-0.4, -0.2) is 19.2 Å². The lowest BCUT2D eigenvalue weighted by molar-refractivity contribution is 0.415. The van der Waals surface area contributed by atoms with E-state index in [2.05, 4.69) is 73.7 Å². The van der Waals surface area contributed by atoms with Gasteiger partial charge in [-0.15, -0.1) is 0 Å². The number of nitrogens with two attached hydrogens (primary N) is 2. The van der Waals surface area contributed by atoms with E-state index in [-0.39, 0.29) is 12.1 Å². The van der Waals surface area contributed by atoms with E-state index in [0.29, 0.717) is 16.5 Å². The summed E-state index contributed by atoms with van der Waals surface area (Å²) in [5, 5.41) is 1.18. The Kier molecular flexibility index (Phi) is 10.2. The van der Waals surface area contributed by atoms with Crippen LogP contribution in [0.3, 0.4) is 0 Å². The van der Waals surface area contributed by atoms with Crippen molar-refractivity contribution in [3.05, 3.63) is 147 Å². The SMILES string of the molecule is COc1ccc(-c2c(C)c(C[C@@H](N)Cc3ccccc3)cc(C[C@@H](N)Cc3ccccc3)c2-c2cc(Cl)cc(Cl)c2)cc1. The fraction of sp³-hybridized carbons (Fsp3) is 0.211. The molecule has 0 radical (unpaired) electrons. The van der Waals surface area contributed by atoms with Gasteiger partial charge in [-0.2, -0.15) is 0 Å². The van der Waals surface area contributed by atoms with Gasteiger partial charge in [0.15, 0.2) is 0 Å². The van der Waals surface area contributed by atoms with Gasteiger partial charge in [0.05, 0.1) is 7.11 Å². The molecule has 0 amide bonds. The Bertz CT molecular complexity index is 1630. The Labute approximate surface area is 265 Å². The summed E-state index contributed by atoms with van der Waals surface area (Å²) < 4.78 is 5.48. The second-order valence-electron chi connectivity index (χ2n) is 11.3. The number of hydrogen-bond donors (Lipinski definition) is 2. The topological polar surface area (TPSA) is 61.3 Å². The van der Waals surface area contributed by atoms with Gasteiger partial charge in [0.1, 0.15) is 5.75 Å². The molecule has 0 spiro atoms. The molecule has 0 saturated carbocycles. The molecule has 0 fully saturated rings. The number of halogens is 2. The molecule has 43 heavy (non-hydrogen) atoms. The van der Waals surface area contributed by atoms with Crippen LogP contribution in [0.5, 0.6) is 5.75 Å². The van der Waals surface area contributed by atoms with Crippen LogP contribution in [0.25, 0.3) is 22.3 Å². The lowest BCUT2D eigenvalue weighted by Gasteiger charge is -2.25. The molecule has 4 N–H and O–H groups in total. The first kappa shape index (κ1) is 30.8. The minimum atomic E-state index is -0.0897. The molecule has 0 saturated heterocycles. The first-order valence-corrected chi connectivity index (χ1v) is 15.4. The van der Waals surface area contributed by atoms with Crippen LogP contribution in [0.1, 0.15) is 27.8 Å². The monoisotopic (exact) mass is 608 g/mol. The molecule has 0 aliphatic carbocycles. The van der Waals surface area contributed by atoms with Gasteiger partial charge in [0.25, 0.3) is 0 Å². The van der Waals surface area contributed by atoms with Crippen molar-refractivity contribution in [3.63, 3.8) is 0 Å². The highest BCUT2D eigenvalue weighted by molar-refractivity contribution is 6.35. The number of benzene rings is 5. The standard InChI is InChI=1S/C38H38Cl2N2O/c1-25-29(22-34(41)17-26-9-5-3-6-10-26)19-30(23-35(42)18-27-11-7-4-8-12-27)38(31-20-32(39)24-33(40)21-31)37(25)28-13-15-36(43-2)16-14-28/h3-16,19-21,24,34-35H,17-18,22-23,41-42H2,1-2H3/t34-,35-/m0/s1. The predicted octanol–water partition coefficient (Wildman–Crippen LogP) is 8.87. The molecule has 5 heteroatoms. The Balaban J connectivity index is 1.66. The summed E-state index contributed by atoms with van der Waals surface area (Å²) in [5.41, 5.74) is 23.9. The van der Waals surface area contributed by atoms with Crippen LogP contribution >= 0.6 is 23.2 Å². The highest BCUT2D eigenvalue weighted by Gasteiger charge is 2.22. The maximum atomic E-state index is 6.87. The maximum absolute atomic E-state index is 6.87. The summed E-state index contributed by atoms with van der Waals surface area (Å²) in [6.45, 7) is 2.19. The predicted molar refractivity (Wildman–Crippen MR) is 182 cm³/mol. The Hall–Kier alpha value is -3.60. The lowest BCUT2D eigenvalue weighted by atomic mass is 9.81. The van der Waals surface area contributed by atoms with Gasteiger partial charge in [-0.1, -0.05) is 102 Å². The molecule has 220 valence electrons. The number of ether oxygens (including phenoxy) is 1. The fourth-order valence-electron chi connectivity index (χ4n) is 5.96. The molecule has 0 aromatic heterocycles. The number of methoxy groups -OCH3 is 1. The average Bonchev–Trinajstić information content (AvgIpc) is 2.99. The summed E-state index contributed by atoms with van der Waals surface area (Å²) in [4.78, 5) is 0. The summed E-state index contributed by atoms with van der Waals surface area (Å²) >= 11 is 13.2. The van der Waals surface area contributed by atoms with E-state index in [1.807, 2.05) is 36.4 Å². The molecule has 5 aromatic carbocycles. The first-order valence-electron chi connectivity index (χ1n) is 14.7. The second kappa shape index (κ2) is 14.2. The summed E-state index contributed by atoms with van der Waals surface area (Å²) in [6, 6.07) is 37.0. The van der Waals surface area contributed by atoms with E-state index < -0.39 is 0 Å². The van der Waals surface area contributed by atoms with Crippen LogP contribution in [0.15, 0.2) is 109 Å². The van der Waals surface area contributed by atoms with Crippen molar-refractivity contribution in [2.24, 2.45) is 11.5 Å². The van der Waals surface area contributed by atoms with Crippen molar-refractivity contribution in [1.29, 1.82) is 0 Å². The zero-order valence-electron chi connectivity index (χ0n) is 24.7. The molecule has 0 unspecified atom stereocenters. The van der Waals surface area contributed by atoms with E-state index in [1.165, 1.54) is 22.3 Å². The zero-order chi connectivity index (χ0) is 30.3. The number of rotatable bonds is 11. The Morgan fingerprint density at radius 2 is 1.09 bits per heavy atom. The van der Waals surface area contributed by atoms with Gasteiger partial charge in [-0.25, -0.2) is 0 Å². The van der Waals surface area contributed by atoms with Crippen LogP contribution in [0, 0.1) is 6.92 Å². The van der Waals surface area contributed by atoms with Gasteiger partial charge in [0, 0.05) is 22.1 Å². The summed E-state index contributed by atoms with van der Waals surface area (Å²) in [7, 11) is 1.68. The molecule has 5 rings (SSSR count).